The molecule has 0 spiro atoms. The van der Waals surface area contributed by atoms with Gasteiger partial charge >= 0.3 is 6.18 Å². The zero-order chi connectivity index (χ0) is 18.4. The van der Waals surface area contributed by atoms with E-state index in [4.69, 9.17) is 4.74 Å². The zero-order valence-corrected chi connectivity index (χ0v) is 14.8. The van der Waals surface area contributed by atoms with Gasteiger partial charge in [0.1, 0.15) is 11.8 Å². The number of halogens is 3. The number of guanidine groups is 1. The first-order chi connectivity index (χ1) is 11.8. The van der Waals surface area contributed by atoms with Gasteiger partial charge in [-0.3, -0.25) is 9.89 Å². The van der Waals surface area contributed by atoms with Crippen LogP contribution in [0.4, 0.5) is 13.2 Å². The maximum Gasteiger partial charge on any atom is 0.403 e. The molecule has 1 unspecified atom stereocenters. The molecule has 1 heterocycles. The number of hydrogen-bond acceptors (Lipinski definition) is 3. The molecular formula is C17H25F3N4O. The lowest BCUT2D eigenvalue weighted by molar-refractivity contribution is -0.181. The molecule has 140 valence electrons. The number of aliphatic imine (C=N–C) groups is 1. The van der Waals surface area contributed by atoms with Gasteiger partial charge in [-0.05, 0) is 24.6 Å². The molecule has 1 aromatic carbocycles. The van der Waals surface area contributed by atoms with Gasteiger partial charge in [0, 0.05) is 39.8 Å². The SMILES string of the molecule is CN=C(NCc1ccc(OC)cc1)N1CCN(C(C)C(F)(F)F)CC1. The van der Waals surface area contributed by atoms with Crippen molar-refractivity contribution in [3.05, 3.63) is 29.8 Å². The Labute approximate surface area is 146 Å². The van der Waals surface area contributed by atoms with Gasteiger partial charge in [0.05, 0.1) is 7.11 Å². The Morgan fingerprint density at radius 3 is 2.28 bits per heavy atom. The second-order valence-electron chi connectivity index (χ2n) is 5.99. The minimum Gasteiger partial charge on any atom is -0.497 e. The van der Waals surface area contributed by atoms with Crippen molar-refractivity contribution in [3.63, 3.8) is 0 Å². The molecule has 0 aromatic heterocycles. The number of nitrogens with one attached hydrogen (secondary N) is 1. The minimum absolute atomic E-state index is 0.365. The van der Waals surface area contributed by atoms with Crippen molar-refractivity contribution in [3.8, 4) is 5.75 Å². The second kappa shape index (κ2) is 8.42. The van der Waals surface area contributed by atoms with E-state index in [2.05, 4.69) is 10.3 Å². The highest BCUT2D eigenvalue weighted by Crippen LogP contribution is 2.25. The first kappa shape index (κ1) is 19.4. The normalized spacial score (nSPS) is 18.2. The molecule has 0 bridgehead atoms. The maximum absolute atomic E-state index is 12.8. The summed E-state index contributed by atoms with van der Waals surface area (Å²) in [5, 5.41) is 3.26. The third-order valence-corrected chi connectivity index (χ3v) is 4.46. The molecule has 5 nitrogen and oxygen atoms in total. The van der Waals surface area contributed by atoms with Gasteiger partial charge in [-0.2, -0.15) is 13.2 Å². The van der Waals surface area contributed by atoms with E-state index in [1.54, 1.807) is 14.2 Å². The summed E-state index contributed by atoms with van der Waals surface area (Å²) in [4.78, 5) is 7.70. The molecule has 25 heavy (non-hydrogen) atoms. The van der Waals surface area contributed by atoms with Crippen molar-refractivity contribution in [2.75, 3.05) is 40.3 Å². The minimum atomic E-state index is -4.18. The van der Waals surface area contributed by atoms with Crippen molar-refractivity contribution in [2.24, 2.45) is 4.99 Å². The summed E-state index contributed by atoms with van der Waals surface area (Å²) in [5.41, 5.74) is 1.08. The Morgan fingerprint density at radius 2 is 1.80 bits per heavy atom. The lowest BCUT2D eigenvalue weighted by atomic mass is 10.2. The number of piperazine rings is 1. The molecule has 1 saturated heterocycles. The second-order valence-corrected chi connectivity index (χ2v) is 5.99. The summed E-state index contributed by atoms with van der Waals surface area (Å²) in [5.74, 6) is 1.50. The molecule has 2 rings (SSSR count). The fourth-order valence-electron chi connectivity index (χ4n) is 2.78. The number of methoxy groups -OCH3 is 1. The lowest BCUT2D eigenvalue weighted by Crippen LogP contribution is -2.56. The van der Waals surface area contributed by atoms with Crippen LogP contribution in [-0.4, -0.2) is 68.3 Å². The summed E-state index contributed by atoms with van der Waals surface area (Å²) >= 11 is 0. The Kier molecular flexibility index (Phi) is 6.52. The molecule has 8 heteroatoms. The topological polar surface area (TPSA) is 40.1 Å². The molecule has 0 radical (unpaired) electrons. The summed E-state index contributed by atoms with van der Waals surface area (Å²) in [6.45, 7) is 3.57. The van der Waals surface area contributed by atoms with Gasteiger partial charge in [-0.25, -0.2) is 0 Å². The van der Waals surface area contributed by atoms with Crippen molar-refractivity contribution in [1.29, 1.82) is 0 Å². The number of benzene rings is 1. The number of ether oxygens (including phenoxy) is 1. The van der Waals surface area contributed by atoms with Crippen LogP contribution in [0, 0.1) is 0 Å². The first-order valence-corrected chi connectivity index (χ1v) is 8.24. The van der Waals surface area contributed by atoms with Crippen molar-refractivity contribution < 1.29 is 17.9 Å². The maximum atomic E-state index is 12.8. The highest BCUT2D eigenvalue weighted by Gasteiger charge is 2.41. The molecule has 0 saturated carbocycles. The lowest BCUT2D eigenvalue weighted by Gasteiger charge is -2.39. The smallest absolute Gasteiger partial charge is 0.403 e. The molecule has 1 aromatic rings. The average molecular weight is 358 g/mol. The molecule has 1 N–H and O–H groups in total. The van der Waals surface area contributed by atoms with Crippen LogP contribution in [0.25, 0.3) is 0 Å². The fraction of sp³-hybridized carbons (Fsp3) is 0.588. The quantitative estimate of drug-likeness (QED) is 0.663. The van der Waals surface area contributed by atoms with Crippen molar-refractivity contribution >= 4 is 5.96 Å². The molecule has 1 atom stereocenters. The van der Waals surface area contributed by atoms with E-state index in [1.807, 2.05) is 29.2 Å². The standard InChI is InChI=1S/C17H25F3N4O/c1-13(17(18,19)20)23-8-10-24(11-9-23)16(21-2)22-12-14-4-6-15(25-3)7-5-14/h4-7,13H,8-12H2,1-3H3,(H,21,22). The van der Waals surface area contributed by atoms with Crippen LogP contribution in [0.3, 0.4) is 0 Å². The van der Waals surface area contributed by atoms with Crippen molar-refractivity contribution in [1.82, 2.24) is 15.1 Å². The summed E-state index contributed by atoms with van der Waals surface area (Å²) in [6, 6.07) is 6.28. The molecule has 0 aliphatic carbocycles. The predicted octanol–water partition coefficient (Wildman–Crippen LogP) is 2.34. The van der Waals surface area contributed by atoms with Crippen LogP contribution in [0.5, 0.6) is 5.75 Å². The predicted molar refractivity (Wildman–Crippen MR) is 91.9 cm³/mol. The van der Waals surface area contributed by atoms with Gasteiger partial charge in [0.25, 0.3) is 0 Å². The number of alkyl halides is 3. The Hall–Kier alpha value is -1.96. The van der Waals surface area contributed by atoms with Crippen LogP contribution < -0.4 is 10.1 Å². The largest absolute Gasteiger partial charge is 0.497 e. The Balaban J connectivity index is 1.85. The van der Waals surface area contributed by atoms with Crippen LogP contribution in [0.15, 0.2) is 29.3 Å². The van der Waals surface area contributed by atoms with E-state index in [-0.39, 0.29) is 0 Å². The number of nitrogens with zero attached hydrogens (tertiary/aromatic N) is 3. The van der Waals surface area contributed by atoms with E-state index >= 15 is 0 Å². The molecule has 1 aliphatic heterocycles. The van der Waals surface area contributed by atoms with Crippen LogP contribution >= 0.6 is 0 Å². The third kappa shape index (κ3) is 5.26. The molecular weight excluding hydrogens is 333 g/mol. The van der Waals surface area contributed by atoms with E-state index in [1.165, 1.54) is 11.8 Å². The first-order valence-electron chi connectivity index (χ1n) is 8.24. The van der Waals surface area contributed by atoms with Gasteiger partial charge in [-0.1, -0.05) is 12.1 Å². The van der Waals surface area contributed by atoms with E-state index in [0.29, 0.717) is 38.7 Å². The third-order valence-electron chi connectivity index (χ3n) is 4.46. The van der Waals surface area contributed by atoms with Gasteiger partial charge in [0.2, 0.25) is 0 Å². The molecule has 0 amide bonds. The zero-order valence-electron chi connectivity index (χ0n) is 14.8. The monoisotopic (exact) mass is 358 g/mol. The summed E-state index contributed by atoms with van der Waals surface area (Å²) in [6.07, 6.45) is -4.18. The van der Waals surface area contributed by atoms with Crippen LogP contribution in [0.1, 0.15) is 12.5 Å². The van der Waals surface area contributed by atoms with Crippen LogP contribution in [-0.2, 0) is 6.54 Å². The van der Waals surface area contributed by atoms with Gasteiger partial charge in [-0.15, -0.1) is 0 Å². The van der Waals surface area contributed by atoms with Crippen molar-refractivity contribution in [2.45, 2.75) is 25.7 Å². The highest BCUT2D eigenvalue weighted by atomic mass is 19.4. The van der Waals surface area contributed by atoms with Gasteiger partial charge < -0.3 is 15.0 Å². The van der Waals surface area contributed by atoms with E-state index in [0.717, 1.165) is 11.3 Å². The number of rotatable bonds is 4. The van der Waals surface area contributed by atoms with E-state index < -0.39 is 12.2 Å². The summed E-state index contributed by atoms with van der Waals surface area (Å²) < 4.78 is 43.6. The highest BCUT2D eigenvalue weighted by molar-refractivity contribution is 5.80. The van der Waals surface area contributed by atoms with E-state index in [9.17, 15) is 13.2 Å². The summed E-state index contributed by atoms with van der Waals surface area (Å²) in [7, 11) is 3.30. The average Bonchev–Trinajstić information content (AvgIpc) is 2.62. The Morgan fingerprint density at radius 1 is 1.20 bits per heavy atom. The van der Waals surface area contributed by atoms with Gasteiger partial charge in [0.15, 0.2) is 5.96 Å². The molecule has 1 aliphatic rings. The van der Waals surface area contributed by atoms with Crippen LogP contribution in [0.2, 0.25) is 0 Å². The fourth-order valence-corrected chi connectivity index (χ4v) is 2.78. The molecule has 1 fully saturated rings. The Bertz CT molecular complexity index is 566. The number of hydrogen-bond donors (Lipinski definition) is 1.